The Labute approximate surface area is 426 Å². The van der Waals surface area contributed by atoms with Crippen molar-refractivity contribution in [2.75, 3.05) is 0 Å². The molecule has 53 heteroatoms. The molecule has 0 heterocycles. The highest BCUT2D eigenvalue weighted by Crippen LogP contribution is 2.69. The second-order valence-electron chi connectivity index (χ2n) is 16.6. The van der Waals surface area contributed by atoms with Gasteiger partial charge in [-0.15, -0.1) is 15.3 Å². The van der Waals surface area contributed by atoms with Gasteiger partial charge >= 0.3 is 143 Å². The smallest absolute Gasteiger partial charge is 0.200 e. The Morgan fingerprint density at radius 3 is 0.361 bits per heavy atom. The molecule has 0 bridgehead atoms. The van der Waals surface area contributed by atoms with Gasteiger partial charge in [-0.3, -0.25) is 0 Å². The van der Waals surface area contributed by atoms with Gasteiger partial charge in [-0.1, -0.05) is 0 Å². The van der Waals surface area contributed by atoms with Crippen molar-refractivity contribution in [2.24, 2.45) is 0 Å². The third-order valence-electron chi connectivity index (χ3n) is 11.0. The molecule has 0 amide bonds. The van der Waals surface area contributed by atoms with Crippen molar-refractivity contribution in [2.45, 2.75) is 180 Å². The van der Waals surface area contributed by atoms with Crippen LogP contribution in [0.1, 0.15) is 19.3 Å². The zero-order valence-corrected chi connectivity index (χ0v) is 39.0. The van der Waals surface area contributed by atoms with Gasteiger partial charge in [0.2, 0.25) is 0 Å². The molecule has 0 fully saturated rings. The van der Waals surface area contributed by atoms with Crippen molar-refractivity contribution in [3.05, 3.63) is 0 Å². The number of hydrogen-bond acceptors (Lipinski definition) is 0. The number of alkyl halides is 51. The summed E-state index contributed by atoms with van der Waals surface area (Å²) in [5.74, 6) is -193. The van der Waals surface area contributed by atoms with Crippen LogP contribution in [-0.4, -0.2) is 150 Å². The summed E-state index contributed by atoms with van der Waals surface area (Å²) in [6, 6.07) is -11.3. The third kappa shape index (κ3) is 11.0. The van der Waals surface area contributed by atoms with E-state index >= 15 is 0 Å². The van der Waals surface area contributed by atoms with Crippen LogP contribution in [0.25, 0.3) is 0 Å². The van der Waals surface area contributed by atoms with Crippen LogP contribution < -0.4 is 0 Å². The maximum atomic E-state index is 14.8. The number of rotatable bonds is 27. The summed E-state index contributed by atoms with van der Waals surface area (Å²) in [5, 5.41) is 0. The Morgan fingerprint density at radius 2 is 0.253 bits per heavy atom. The van der Waals surface area contributed by atoms with E-state index in [-0.39, 0.29) is 0 Å². The SMILES string of the molecule is FC(F)(F)C(F)(F)C(F)(F)C(F)(F)C(F)(F)C(F)(F)C(F)(F)C(F)(F)CC[Si](Br)(CCC(F)(F)C(F)(F)C(F)(F)C(F)(F)C(F)(F)C(F)(F)C(F)(F)C(F)(F)F)CCC(F)(F)C(F)(F)C(F)(F)C(F)(F)C(F)(F)C(F)(F)C(F)(F)C(F)(F)F. The average Bonchev–Trinajstić information content (AvgIpc) is 3.24. The van der Waals surface area contributed by atoms with Crippen LogP contribution in [0.3, 0.4) is 0 Å². The Hall–Kier alpha value is -2.87. The van der Waals surface area contributed by atoms with E-state index in [4.69, 9.17) is 0 Å². The maximum Gasteiger partial charge on any atom is 0.460 e. The molecule has 0 nitrogen and oxygen atoms in total. The van der Waals surface area contributed by atoms with Gasteiger partial charge < -0.3 is 0 Å². The summed E-state index contributed by atoms with van der Waals surface area (Å²) < 4.78 is 700. The third-order valence-corrected chi connectivity index (χ3v) is 18.0. The molecule has 0 aromatic rings. The first-order valence-corrected chi connectivity index (χ1v) is 23.6. The van der Waals surface area contributed by atoms with Gasteiger partial charge in [-0.25, -0.2) is 0 Å². The summed E-state index contributed by atoms with van der Waals surface area (Å²) in [4.78, 5) is 0. The van der Waals surface area contributed by atoms with Gasteiger partial charge in [0.25, 0.3) is 0 Å². The van der Waals surface area contributed by atoms with Crippen molar-refractivity contribution in [1.82, 2.24) is 0 Å². The maximum absolute atomic E-state index is 14.8. The van der Waals surface area contributed by atoms with Crippen molar-refractivity contribution in [1.29, 1.82) is 0 Å². The average molecular weight is 1450 g/mol. The molecule has 0 saturated heterocycles. The quantitative estimate of drug-likeness (QED) is 0.0437. The van der Waals surface area contributed by atoms with Crippen LogP contribution >= 0.6 is 15.3 Å². The molecule has 0 unspecified atom stereocenters. The summed E-state index contributed by atoms with van der Waals surface area (Å²) in [6.45, 7) is -7.37. The van der Waals surface area contributed by atoms with Crippen molar-refractivity contribution in [3.8, 4) is 0 Å². The van der Waals surface area contributed by atoms with Crippen LogP contribution in [0, 0.1) is 0 Å². The lowest BCUT2D eigenvalue weighted by atomic mass is 9.88. The van der Waals surface area contributed by atoms with Crippen LogP contribution in [0.15, 0.2) is 0 Å². The molecular formula is C30H12BrF51Si. The molecular weight excluding hydrogens is 1440 g/mol. The second kappa shape index (κ2) is 20.6. The van der Waals surface area contributed by atoms with E-state index in [2.05, 4.69) is 0 Å². The summed E-state index contributed by atoms with van der Waals surface area (Å²) in [7, 11) is 0. The first-order valence-electron chi connectivity index (χ1n) is 18.7. The molecule has 0 spiro atoms. The second-order valence-corrected chi connectivity index (χ2v) is 25.4. The normalized spacial score (nSPS) is 17.2. The van der Waals surface area contributed by atoms with E-state index in [1.807, 2.05) is 0 Å². The molecule has 0 atom stereocenters. The summed E-state index contributed by atoms with van der Waals surface area (Å²) in [5.41, 5.74) is 0. The predicted octanol–water partition coefficient (Wildman–Crippen LogP) is 19.5. The molecule has 0 rings (SSSR count). The summed E-state index contributed by atoms with van der Waals surface area (Å²) in [6.07, 6.45) is -38.9. The van der Waals surface area contributed by atoms with Gasteiger partial charge in [-0.2, -0.15) is 224 Å². The Kier molecular flexibility index (Phi) is 19.9. The predicted molar refractivity (Wildman–Crippen MR) is 165 cm³/mol. The topological polar surface area (TPSA) is 0 Å². The van der Waals surface area contributed by atoms with E-state index in [0.717, 1.165) is 15.3 Å². The Morgan fingerprint density at radius 1 is 0.157 bits per heavy atom. The van der Waals surface area contributed by atoms with Crippen LogP contribution in [0.2, 0.25) is 18.1 Å². The van der Waals surface area contributed by atoms with Gasteiger partial charge in [-0.05, 0) is 18.1 Å². The van der Waals surface area contributed by atoms with Gasteiger partial charge in [0.05, 0.1) is 0 Å². The monoisotopic (exact) mass is 1450 g/mol. The largest absolute Gasteiger partial charge is 0.460 e. The molecule has 500 valence electrons. The van der Waals surface area contributed by atoms with Gasteiger partial charge in [0, 0.05) is 19.3 Å². The van der Waals surface area contributed by atoms with E-state index in [0.29, 0.717) is 0 Å². The lowest BCUT2D eigenvalue weighted by Crippen LogP contribution is -2.74. The fourth-order valence-electron chi connectivity index (χ4n) is 5.58. The highest BCUT2D eigenvalue weighted by Gasteiger charge is 2.98. The Balaban J connectivity index is 8.34. The molecule has 0 aromatic heterocycles. The highest BCUT2D eigenvalue weighted by molar-refractivity contribution is 9.26. The van der Waals surface area contributed by atoms with Crippen molar-refractivity contribution >= 4 is 22.0 Å². The van der Waals surface area contributed by atoms with E-state index in [1.54, 1.807) is 0 Å². The Bertz CT molecular complexity index is 2010. The first-order chi connectivity index (χ1) is 34.9. The minimum Gasteiger partial charge on any atom is -0.200 e. The minimum absolute atomic E-state index is 1.08. The molecule has 0 aliphatic rings. The van der Waals surface area contributed by atoms with Gasteiger partial charge in [0.15, 0.2) is 0 Å². The number of hydrogen-bond donors (Lipinski definition) is 0. The van der Waals surface area contributed by atoms with E-state index < -0.39 is 187 Å². The molecule has 0 radical (unpaired) electrons. The molecule has 0 aliphatic heterocycles. The molecule has 0 aliphatic carbocycles. The van der Waals surface area contributed by atoms with Crippen LogP contribution in [0.4, 0.5) is 224 Å². The molecule has 0 saturated carbocycles. The van der Waals surface area contributed by atoms with Gasteiger partial charge in [0.1, 0.15) is 6.69 Å². The fourth-order valence-corrected chi connectivity index (χ4v) is 10.4. The minimum atomic E-state index is -9.65. The zero-order chi connectivity index (χ0) is 68.7. The molecule has 0 N–H and O–H groups in total. The van der Waals surface area contributed by atoms with Crippen LogP contribution in [-0.2, 0) is 0 Å². The lowest BCUT2D eigenvalue weighted by Gasteiger charge is -2.44. The molecule has 83 heavy (non-hydrogen) atoms. The van der Waals surface area contributed by atoms with Crippen molar-refractivity contribution < 1.29 is 224 Å². The fraction of sp³-hybridized carbons (Fsp3) is 1.00. The number of halogens is 52. The highest BCUT2D eigenvalue weighted by atomic mass is 79.9. The lowest BCUT2D eigenvalue weighted by molar-refractivity contribution is -0.461. The summed E-state index contributed by atoms with van der Waals surface area (Å²) >= 11 is 1.08. The standard InChI is InChI=1S/C30H12BrF51Si/c31-83(4-1-7(32,33)10(38,39)13(44,45)16(50,51)19(56,57)22(62,63)25(68,69)28(74,75)76,5-2-8(34,35)11(40,41)14(46,47)17(52,53)20(58,59)23(64,65)26(70,71)29(77,78)79)6-3-9(36,37)12(42,43)15(48,49)18(54,55)21(60,61)24(66,67)27(72,73)30(80,81)82/h1-6H2. The zero-order valence-electron chi connectivity index (χ0n) is 36.4. The molecule has 0 aromatic carbocycles. The van der Waals surface area contributed by atoms with Crippen LogP contribution in [0.5, 0.6) is 0 Å². The van der Waals surface area contributed by atoms with E-state index in [9.17, 15) is 224 Å². The first kappa shape index (κ1) is 80.1. The van der Waals surface area contributed by atoms with Crippen molar-refractivity contribution in [3.63, 3.8) is 0 Å². The van der Waals surface area contributed by atoms with E-state index in [1.165, 1.54) is 0 Å².